The van der Waals surface area contributed by atoms with Gasteiger partial charge in [0.25, 0.3) is 11.6 Å². The van der Waals surface area contributed by atoms with Crippen LogP contribution in [0.5, 0.6) is 0 Å². The van der Waals surface area contributed by atoms with Gasteiger partial charge in [-0.05, 0) is 30.3 Å². The van der Waals surface area contributed by atoms with Crippen molar-refractivity contribution in [2.75, 3.05) is 17.7 Å². The van der Waals surface area contributed by atoms with Crippen molar-refractivity contribution in [3.8, 4) is 0 Å². The fourth-order valence-corrected chi connectivity index (χ4v) is 1.88. The molecule has 0 aromatic heterocycles. The summed E-state index contributed by atoms with van der Waals surface area (Å²) >= 11 is 0. The van der Waals surface area contributed by atoms with Crippen LogP contribution in [-0.4, -0.2) is 17.9 Å². The van der Waals surface area contributed by atoms with E-state index in [1.165, 1.54) is 49.5 Å². The van der Waals surface area contributed by atoms with Crippen molar-refractivity contribution >= 4 is 23.0 Å². The molecular weight excluding hydrogens is 277 g/mol. The second kappa shape index (κ2) is 6.00. The second-order valence-corrected chi connectivity index (χ2v) is 4.17. The van der Waals surface area contributed by atoms with Crippen molar-refractivity contribution in [2.45, 2.75) is 0 Å². The molecule has 21 heavy (non-hydrogen) atoms. The Morgan fingerprint density at radius 1 is 1.19 bits per heavy atom. The van der Waals surface area contributed by atoms with Gasteiger partial charge in [0.2, 0.25) is 0 Å². The van der Waals surface area contributed by atoms with Gasteiger partial charge in [-0.25, -0.2) is 4.39 Å². The molecule has 2 N–H and O–H groups in total. The number of halogens is 1. The number of nitro groups is 1. The molecule has 0 saturated carbocycles. The largest absolute Gasteiger partial charge is 0.382 e. The minimum absolute atomic E-state index is 0.127. The average Bonchev–Trinajstić information content (AvgIpc) is 2.48. The van der Waals surface area contributed by atoms with Gasteiger partial charge >= 0.3 is 0 Å². The third-order valence-electron chi connectivity index (χ3n) is 2.84. The predicted molar refractivity (Wildman–Crippen MR) is 77.0 cm³/mol. The highest BCUT2D eigenvalue weighted by Gasteiger charge is 2.20. The summed E-state index contributed by atoms with van der Waals surface area (Å²) in [4.78, 5) is 22.6. The minimum Gasteiger partial charge on any atom is -0.382 e. The van der Waals surface area contributed by atoms with Gasteiger partial charge in [-0.3, -0.25) is 14.9 Å². The smallest absolute Gasteiger partial charge is 0.293 e. The Kier molecular flexibility index (Phi) is 4.13. The molecule has 0 aliphatic heterocycles. The topological polar surface area (TPSA) is 84.3 Å². The molecule has 7 heteroatoms. The summed E-state index contributed by atoms with van der Waals surface area (Å²) in [6.07, 6.45) is 0. The van der Waals surface area contributed by atoms with Crippen LogP contribution in [0.4, 0.5) is 21.5 Å². The molecule has 0 aliphatic carbocycles. The van der Waals surface area contributed by atoms with Gasteiger partial charge in [-0.15, -0.1) is 0 Å². The molecular formula is C14H12FN3O3. The maximum atomic E-state index is 12.8. The van der Waals surface area contributed by atoms with Crippen LogP contribution in [0.15, 0.2) is 42.5 Å². The standard InChI is InChI=1S/C14H12FN3O3/c1-16-13-11(3-2-4-12(13)18(20)21)14(19)17-10-7-5-9(15)6-8-10/h2-8,16H,1H3,(H,17,19). The van der Waals surface area contributed by atoms with Crippen LogP contribution in [0, 0.1) is 15.9 Å². The normalized spacial score (nSPS) is 10.0. The number of nitro benzene ring substituents is 1. The van der Waals surface area contributed by atoms with Crippen molar-refractivity contribution in [2.24, 2.45) is 0 Å². The summed E-state index contributed by atoms with van der Waals surface area (Å²) in [7, 11) is 1.50. The van der Waals surface area contributed by atoms with Crippen LogP contribution in [-0.2, 0) is 0 Å². The Morgan fingerprint density at radius 3 is 2.43 bits per heavy atom. The molecule has 6 nitrogen and oxygen atoms in total. The van der Waals surface area contributed by atoms with Crippen LogP contribution in [0.3, 0.4) is 0 Å². The number of rotatable bonds is 4. The molecule has 2 aromatic carbocycles. The average molecular weight is 289 g/mol. The maximum absolute atomic E-state index is 12.8. The summed E-state index contributed by atoms with van der Waals surface area (Å²) < 4.78 is 12.8. The number of nitrogens with one attached hydrogen (secondary N) is 2. The van der Waals surface area contributed by atoms with Crippen LogP contribution < -0.4 is 10.6 Å². The van der Waals surface area contributed by atoms with Gasteiger partial charge in [0.05, 0.1) is 10.5 Å². The molecule has 0 aliphatic rings. The summed E-state index contributed by atoms with van der Waals surface area (Å²) in [5.74, 6) is -0.936. The second-order valence-electron chi connectivity index (χ2n) is 4.17. The zero-order valence-electron chi connectivity index (χ0n) is 11.1. The highest BCUT2D eigenvalue weighted by Crippen LogP contribution is 2.28. The fraction of sp³-hybridized carbons (Fsp3) is 0.0714. The van der Waals surface area contributed by atoms with Gasteiger partial charge in [0, 0.05) is 18.8 Å². The van der Waals surface area contributed by atoms with E-state index in [0.717, 1.165) is 0 Å². The van der Waals surface area contributed by atoms with E-state index >= 15 is 0 Å². The Bertz CT molecular complexity index is 686. The van der Waals surface area contributed by atoms with Gasteiger partial charge in [0.1, 0.15) is 11.5 Å². The lowest BCUT2D eigenvalue weighted by atomic mass is 10.1. The molecule has 0 heterocycles. The minimum atomic E-state index is -0.569. The Morgan fingerprint density at radius 2 is 1.86 bits per heavy atom. The molecule has 108 valence electrons. The van der Waals surface area contributed by atoms with Crippen LogP contribution >= 0.6 is 0 Å². The van der Waals surface area contributed by atoms with E-state index < -0.39 is 16.6 Å². The number of hydrogen-bond donors (Lipinski definition) is 2. The van der Waals surface area contributed by atoms with Gasteiger partial charge in [0.15, 0.2) is 0 Å². The SMILES string of the molecule is CNc1c(C(=O)Nc2ccc(F)cc2)cccc1[N+](=O)[O-]. The number of anilines is 2. The Hall–Kier alpha value is -2.96. The van der Waals surface area contributed by atoms with E-state index in [1.807, 2.05) is 0 Å². The van der Waals surface area contributed by atoms with E-state index in [2.05, 4.69) is 10.6 Å². The molecule has 0 bridgehead atoms. The Labute approximate surface area is 119 Å². The lowest BCUT2D eigenvalue weighted by molar-refractivity contribution is -0.384. The third kappa shape index (κ3) is 3.14. The summed E-state index contributed by atoms with van der Waals surface area (Å²) in [6, 6.07) is 9.44. The first-order valence-electron chi connectivity index (χ1n) is 6.05. The van der Waals surface area contributed by atoms with Crippen molar-refractivity contribution in [3.05, 3.63) is 64.0 Å². The zero-order chi connectivity index (χ0) is 15.4. The lowest BCUT2D eigenvalue weighted by Gasteiger charge is -2.10. The summed E-state index contributed by atoms with van der Waals surface area (Å²) in [6.45, 7) is 0. The van der Waals surface area contributed by atoms with Crippen LogP contribution in [0.2, 0.25) is 0 Å². The fourth-order valence-electron chi connectivity index (χ4n) is 1.88. The van der Waals surface area contributed by atoms with Crippen molar-refractivity contribution in [1.82, 2.24) is 0 Å². The molecule has 0 spiro atoms. The van der Waals surface area contributed by atoms with E-state index in [-0.39, 0.29) is 16.9 Å². The maximum Gasteiger partial charge on any atom is 0.293 e. The first-order valence-corrected chi connectivity index (χ1v) is 6.05. The lowest BCUT2D eigenvalue weighted by Crippen LogP contribution is -2.14. The van der Waals surface area contributed by atoms with E-state index in [4.69, 9.17) is 0 Å². The third-order valence-corrected chi connectivity index (χ3v) is 2.84. The first kappa shape index (κ1) is 14.4. The predicted octanol–water partition coefficient (Wildman–Crippen LogP) is 3.03. The van der Waals surface area contributed by atoms with Crippen LogP contribution in [0.25, 0.3) is 0 Å². The number of nitrogens with zero attached hydrogens (tertiary/aromatic N) is 1. The molecule has 2 aromatic rings. The quantitative estimate of drug-likeness (QED) is 0.669. The zero-order valence-corrected chi connectivity index (χ0v) is 11.1. The molecule has 0 fully saturated rings. The number of amides is 1. The highest BCUT2D eigenvalue weighted by atomic mass is 19.1. The first-order chi connectivity index (χ1) is 10.0. The van der Waals surface area contributed by atoms with Gasteiger partial charge in [-0.2, -0.15) is 0 Å². The number of carbonyl (C=O) groups is 1. The monoisotopic (exact) mass is 289 g/mol. The van der Waals surface area contributed by atoms with E-state index in [0.29, 0.717) is 5.69 Å². The molecule has 0 unspecified atom stereocenters. The van der Waals surface area contributed by atoms with Crippen molar-refractivity contribution in [3.63, 3.8) is 0 Å². The Balaban J connectivity index is 2.33. The summed E-state index contributed by atoms with van der Waals surface area (Å²) in [5.41, 5.74) is 0.470. The van der Waals surface area contributed by atoms with Crippen molar-refractivity contribution < 1.29 is 14.1 Å². The molecule has 2 rings (SSSR count). The summed E-state index contributed by atoms with van der Waals surface area (Å²) in [5, 5.41) is 16.2. The highest BCUT2D eigenvalue weighted by molar-refractivity contribution is 6.09. The molecule has 1 amide bonds. The number of benzene rings is 2. The van der Waals surface area contributed by atoms with Crippen LogP contribution in [0.1, 0.15) is 10.4 Å². The molecule has 0 atom stereocenters. The number of para-hydroxylation sites is 1. The van der Waals surface area contributed by atoms with E-state index in [9.17, 15) is 19.3 Å². The van der Waals surface area contributed by atoms with Gasteiger partial charge < -0.3 is 10.6 Å². The molecule has 0 radical (unpaired) electrons. The number of carbonyl (C=O) groups excluding carboxylic acids is 1. The van der Waals surface area contributed by atoms with Crippen molar-refractivity contribution in [1.29, 1.82) is 0 Å². The number of hydrogen-bond acceptors (Lipinski definition) is 4. The van der Waals surface area contributed by atoms with E-state index in [1.54, 1.807) is 0 Å². The van der Waals surface area contributed by atoms with Gasteiger partial charge in [-0.1, -0.05) is 6.07 Å². The molecule has 0 saturated heterocycles.